The molecule has 2 aromatic rings. The van der Waals surface area contributed by atoms with E-state index in [2.05, 4.69) is 5.32 Å². The maximum Gasteiger partial charge on any atom is 0.411 e. The topological polar surface area (TPSA) is 81.7 Å². The molecule has 0 aliphatic rings. The number of ether oxygens (including phenoxy) is 2. The molecule has 0 spiro atoms. The van der Waals surface area contributed by atoms with Gasteiger partial charge in [0.05, 0.1) is 12.2 Å². The number of amides is 1. The zero-order valence-corrected chi connectivity index (χ0v) is 15.0. The van der Waals surface area contributed by atoms with Gasteiger partial charge in [0.2, 0.25) is 5.78 Å². The molecular weight excluding hydrogens is 334 g/mol. The number of anilines is 1. The summed E-state index contributed by atoms with van der Waals surface area (Å²) in [6.07, 6.45) is -0.568. The molecule has 0 aromatic heterocycles. The van der Waals surface area contributed by atoms with Crippen LogP contribution in [0.5, 0.6) is 0 Å². The Hall–Kier alpha value is -3.15. The molecule has 0 radical (unpaired) electrons. The van der Waals surface area contributed by atoms with Gasteiger partial charge in [0.25, 0.3) is 0 Å². The minimum atomic E-state index is -0.605. The molecule has 1 N–H and O–H groups in total. The van der Waals surface area contributed by atoms with E-state index in [9.17, 15) is 14.4 Å². The Morgan fingerprint density at radius 3 is 2.31 bits per heavy atom. The van der Waals surface area contributed by atoms with Gasteiger partial charge in [0, 0.05) is 11.3 Å². The van der Waals surface area contributed by atoms with Crippen molar-refractivity contribution in [2.45, 2.75) is 20.8 Å². The molecule has 26 heavy (non-hydrogen) atoms. The smallest absolute Gasteiger partial charge is 0.411 e. The maximum absolute atomic E-state index is 12.3. The van der Waals surface area contributed by atoms with Crippen molar-refractivity contribution in [1.82, 2.24) is 0 Å². The highest BCUT2D eigenvalue weighted by molar-refractivity contribution is 6.00. The van der Waals surface area contributed by atoms with Gasteiger partial charge in [-0.1, -0.05) is 17.7 Å². The summed E-state index contributed by atoms with van der Waals surface area (Å²) in [5.41, 5.74) is 3.13. The monoisotopic (exact) mass is 355 g/mol. The quantitative estimate of drug-likeness (QED) is 0.627. The Morgan fingerprint density at radius 2 is 1.65 bits per heavy atom. The highest BCUT2D eigenvalue weighted by Gasteiger charge is 2.14. The molecule has 0 unspecified atom stereocenters. The first kappa shape index (κ1) is 19.2. The molecule has 0 fully saturated rings. The number of esters is 1. The summed E-state index contributed by atoms with van der Waals surface area (Å²) in [5, 5.41) is 2.52. The number of carbonyl (C=O) groups is 3. The zero-order valence-electron chi connectivity index (χ0n) is 15.0. The lowest BCUT2D eigenvalue weighted by atomic mass is 10.0. The number of aryl methyl sites for hydroxylation is 2. The molecule has 2 rings (SSSR count). The predicted molar refractivity (Wildman–Crippen MR) is 97.6 cm³/mol. The SMILES string of the molecule is CCOC(=O)Nc1ccc(C(=O)OCC(=O)c2cc(C)ccc2C)cc1. The fourth-order valence-corrected chi connectivity index (χ4v) is 2.30. The first-order valence-corrected chi connectivity index (χ1v) is 8.22. The minimum Gasteiger partial charge on any atom is -0.454 e. The first-order valence-electron chi connectivity index (χ1n) is 8.22. The molecule has 0 heterocycles. The number of nitrogens with one attached hydrogen (secondary N) is 1. The molecule has 0 saturated heterocycles. The molecule has 6 nitrogen and oxygen atoms in total. The van der Waals surface area contributed by atoms with E-state index in [1.54, 1.807) is 25.1 Å². The molecule has 0 atom stereocenters. The molecule has 0 aliphatic heterocycles. The molecular formula is C20H21NO5. The Kier molecular flexibility index (Phi) is 6.49. The van der Waals surface area contributed by atoms with Gasteiger partial charge in [-0.25, -0.2) is 9.59 Å². The third-order valence-corrected chi connectivity index (χ3v) is 3.67. The zero-order chi connectivity index (χ0) is 19.1. The fourth-order valence-electron chi connectivity index (χ4n) is 2.30. The lowest BCUT2D eigenvalue weighted by Crippen LogP contribution is -2.16. The molecule has 1 amide bonds. The number of ketones is 1. The van der Waals surface area contributed by atoms with Crippen molar-refractivity contribution in [3.63, 3.8) is 0 Å². The fraction of sp³-hybridized carbons (Fsp3) is 0.250. The Morgan fingerprint density at radius 1 is 0.962 bits per heavy atom. The van der Waals surface area contributed by atoms with E-state index in [0.717, 1.165) is 11.1 Å². The number of carbonyl (C=O) groups excluding carboxylic acids is 3. The summed E-state index contributed by atoms with van der Waals surface area (Å²) >= 11 is 0. The van der Waals surface area contributed by atoms with Gasteiger partial charge >= 0.3 is 12.1 Å². The van der Waals surface area contributed by atoms with E-state index in [-0.39, 0.29) is 24.6 Å². The van der Waals surface area contributed by atoms with Gasteiger partial charge in [-0.3, -0.25) is 10.1 Å². The van der Waals surface area contributed by atoms with Crippen molar-refractivity contribution in [2.75, 3.05) is 18.5 Å². The lowest BCUT2D eigenvalue weighted by molar-refractivity contribution is 0.0474. The first-order chi connectivity index (χ1) is 12.4. The van der Waals surface area contributed by atoms with Gasteiger partial charge < -0.3 is 9.47 Å². The molecule has 0 bridgehead atoms. The Labute approximate surface area is 152 Å². The highest BCUT2D eigenvalue weighted by atomic mass is 16.5. The van der Waals surface area contributed by atoms with Crippen LogP contribution < -0.4 is 5.32 Å². The number of rotatable bonds is 6. The number of Topliss-reactive ketones (excluding diaryl/α,β-unsaturated/α-hetero) is 1. The Bertz CT molecular complexity index is 811. The molecule has 6 heteroatoms. The van der Waals surface area contributed by atoms with Crippen LogP contribution in [0.2, 0.25) is 0 Å². The molecule has 0 saturated carbocycles. The van der Waals surface area contributed by atoms with Crippen molar-refractivity contribution >= 4 is 23.5 Å². The standard InChI is InChI=1S/C20H21NO5/c1-4-25-20(24)21-16-9-7-15(8-10-16)19(23)26-12-18(22)17-11-13(2)5-6-14(17)3/h5-11H,4,12H2,1-3H3,(H,21,24). The van der Waals surface area contributed by atoms with Gasteiger partial charge in [-0.05, 0) is 56.7 Å². The second-order valence-electron chi connectivity index (χ2n) is 5.74. The summed E-state index contributed by atoms with van der Waals surface area (Å²) < 4.78 is 9.87. The highest BCUT2D eigenvalue weighted by Crippen LogP contribution is 2.13. The van der Waals surface area contributed by atoms with E-state index in [1.165, 1.54) is 12.1 Å². The minimum absolute atomic E-state index is 0.250. The third kappa shape index (κ3) is 5.17. The normalized spacial score (nSPS) is 10.1. The van der Waals surface area contributed by atoms with E-state index in [4.69, 9.17) is 9.47 Å². The number of benzene rings is 2. The predicted octanol–water partition coefficient (Wildman–Crippen LogP) is 3.91. The maximum atomic E-state index is 12.3. The molecule has 2 aromatic carbocycles. The van der Waals surface area contributed by atoms with Crippen molar-refractivity contribution in [2.24, 2.45) is 0 Å². The summed E-state index contributed by atoms with van der Waals surface area (Å²) in [7, 11) is 0. The van der Waals surface area contributed by atoms with Crippen molar-refractivity contribution < 1.29 is 23.9 Å². The van der Waals surface area contributed by atoms with E-state index >= 15 is 0 Å². The Balaban J connectivity index is 1.94. The van der Waals surface area contributed by atoms with Gasteiger partial charge in [-0.15, -0.1) is 0 Å². The van der Waals surface area contributed by atoms with Crippen LogP contribution in [-0.2, 0) is 9.47 Å². The van der Waals surface area contributed by atoms with Crippen LogP contribution >= 0.6 is 0 Å². The van der Waals surface area contributed by atoms with Crippen LogP contribution in [0.1, 0.15) is 38.8 Å². The van der Waals surface area contributed by atoms with E-state index in [1.807, 2.05) is 26.0 Å². The van der Waals surface area contributed by atoms with Crippen LogP contribution in [0.3, 0.4) is 0 Å². The van der Waals surface area contributed by atoms with Crippen molar-refractivity contribution in [3.05, 3.63) is 64.7 Å². The van der Waals surface area contributed by atoms with E-state index in [0.29, 0.717) is 11.3 Å². The average molecular weight is 355 g/mol. The average Bonchev–Trinajstić information content (AvgIpc) is 2.62. The van der Waals surface area contributed by atoms with Gasteiger partial charge in [-0.2, -0.15) is 0 Å². The summed E-state index contributed by atoms with van der Waals surface area (Å²) in [4.78, 5) is 35.7. The van der Waals surface area contributed by atoms with Gasteiger partial charge in [0.15, 0.2) is 6.61 Å². The number of hydrogen-bond donors (Lipinski definition) is 1. The van der Waals surface area contributed by atoms with Crippen LogP contribution in [0.25, 0.3) is 0 Å². The lowest BCUT2D eigenvalue weighted by Gasteiger charge is -2.08. The molecule has 0 aliphatic carbocycles. The largest absolute Gasteiger partial charge is 0.454 e. The van der Waals surface area contributed by atoms with Crippen LogP contribution in [0.4, 0.5) is 10.5 Å². The van der Waals surface area contributed by atoms with Crippen LogP contribution in [-0.4, -0.2) is 31.1 Å². The summed E-state index contributed by atoms with van der Waals surface area (Å²) in [5.74, 6) is -0.855. The molecule has 136 valence electrons. The summed E-state index contributed by atoms with van der Waals surface area (Å²) in [6.45, 7) is 5.38. The number of hydrogen-bond acceptors (Lipinski definition) is 5. The van der Waals surface area contributed by atoms with Crippen LogP contribution in [0.15, 0.2) is 42.5 Å². The van der Waals surface area contributed by atoms with Gasteiger partial charge in [0.1, 0.15) is 0 Å². The van der Waals surface area contributed by atoms with Crippen molar-refractivity contribution in [1.29, 1.82) is 0 Å². The van der Waals surface area contributed by atoms with Crippen molar-refractivity contribution in [3.8, 4) is 0 Å². The third-order valence-electron chi connectivity index (χ3n) is 3.67. The van der Waals surface area contributed by atoms with Crippen LogP contribution in [0, 0.1) is 13.8 Å². The summed E-state index contributed by atoms with van der Waals surface area (Å²) in [6, 6.07) is 11.7. The second-order valence-corrected chi connectivity index (χ2v) is 5.74. The van der Waals surface area contributed by atoms with E-state index < -0.39 is 12.1 Å². The second kappa shape index (κ2) is 8.80.